The third-order valence-corrected chi connectivity index (χ3v) is 3.40. The number of hydrogen-bond donors (Lipinski definition) is 0. The molecule has 0 aliphatic heterocycles. The van der Waals surface area contributed by atoms with E-state index in [1.165, 1.54) is 12.1 Å². The monoisotopic (exact) mass is 348 g/mol. The number of rotatable bonds is 1. The summed E-state index contributed by atoms with van der Waals surface area (Å²) in [5.74, 6) is 0.140. The van der Waals surface area contributed by atoms with Gasteiger partial charge >= 0.3 is 0 Å². The smallest absolute Gasteiger partial charge is 0.161 e. The fourth-order valence-corrected chi connectivity index (χ4v) is 1.74. The van der Waals surface area contributed by atoms with Gasteiger partial charge in [0.05, 0.1) is 3.57 Å². The van der Waals surface area contributed by atoms with Crippen LogP contribution >= 0.6 is 34.2 Å². The second-order valence-corrected chi connectivity index (χ2v) is 4.87. The Labute approximate surface area is 111 Å². The summed E-state index contributed by atoms with van der Waals surface area (Å²) in [5, 5.41) is 0.382. The van der Waals surface area contributed by atoms with Crippen molar-refractivity contribution >= 4 is 34.2 Å². The van der Waals surface area contributed by atoms with Crippen molar-refractivity contribution in [1.82, 2.24) is 9.97 Å². The summed E-state index contributed by atoms with van der Waals surface area (Å²) in [6.07, 6.45) is 1.62. The maximum atomic E-state index is 13.2. The van der Waals surface area contributed by atoms with Crippen molar-refractivity contribution in [2.75, 3.05) is 0 Å². The van der Waals surface area contributed by atoms with Crippen molar-refractivity contribution in [2.24, 2.45) is 0 Å². The molecule has 0 saturated heterocycles. The van der Waals surface area contributed by atoms with Gasteiger partial charge in [0, 0.05) is 11.8 Å². The molecule has 0 amide bonds. The van der Waals surface area contributed by atoms with E-state index in [0.29, 0.717) is 16.5 Å². The number of aryl methyl sites for hydroxylation is 1. The van der Waals surface area contributed by atoms with Gasteiger partial charge in [0.1, 0.15) is 11.0 Å². The molecule has 2 rings (SSSR count). The van der Waals surface area contributed by atoms with Crippen LogP contribution in [0.25, 0.3) is 11.4 Å². The number of hydrogen-bond acceptors (Lipinski definition) is 2. The molecule has 0 unspecified atom stereocenters. The molecule has 0 fully saturated rings. The van der Waals surface area contributed by atoms with Crippen LogP contribution in [0.4, 0.5) is 4.39 Å². The summed E-state index contributed by atoms with van der Waals surface area (Å²) < 4.78 is 14.0. The van der Waals surface area contributed by atoms with Gasteiger partial charge in [-0.05, 0) is 53.3 Å². The lowest BCUT2D eigenvalue weighted by Crippen LogP contribution is -1.92. The predicted octanol–water partition coefficient (Wildman–Crippen LogP) is 3.85. The van der Waals surface area contributed by atoms with E-state index < -0.39 is 0 Å². The lowest BCUT2D eigenvalue weighted by atomic mass is 10.1. The molecule has 0 aliphatic carbocycles. The Bertz CT molecular complexity index is 525. The van der Waals surface area contributed by atoms with Crippen LogP contribution in [0.2, 0.25) is 5.15 Å². The molecule has 1 aromatic heterocycles. The Kier molecular flexibility index (Phi) is 3.39. The second-order valence-electron chi connectivity index (χ2n) is 3.35. The summed E-state index contributed by atoms with van der Waals surface area (Å²) in [5.41, 5.74) is 1.46. The molecule has 5 heteroatoms. The van der Waals surface area contributed by atoms with Crippen molar-refractivity contribution < 1.29 is 4.39 Å². The first kappa shape index (κ1) is 11.7. The van der Waals surface area contributed by atoms with Gasteiger partial charge < -0.3 is 0 Å². The van der Waals surface area contributed by atoms with E-state index in [1.54, 1.807) is 6.20 Å². The van der Waals surface area contributed by atoms with Crippen molar-refractivity contribution in [3.8, 4) is 11.4 Å². The van der Waals surface area contributed by atoms with Crippen LogP contribution in [0.3, 0.4) is 0 Å². The zero-order valence-electron chi connectivity index (χ0n) is 8.34. The molecule has 82 valence electrons. The molecule has 0 radical (unpaired) electrons. The second kappa shape index (κ2) is 4.63. The zero-order valence-corrected chi connectivity index (χ0v) is 11.3. The summed E-state index contributed by atoms with van der Waals surface area (Å²) in [6.45, 7) is 1.82. The lowest BCUT2D eigenvalue weighted by molar-refractivity contribution is 0.627. The molecule has 1 heterocycles. The van der Waals surface area contributed by atoms with Crippen LogP contribution in [0, 0.1) is 16.3 Å². The van der Waals surface area contributed by atoms with Crippen molar-refractivity contribution in [3.05, 3.63) is 44.5 Å². The molecule has 2 aromatic rings. The van der Waals surface area contributed by atoms with E-state index in [0.717, 1.165) is 9.13 Å². The molecule has 1 aromatic carbocycles. The van der Waals surface area contributed by atoms with Crippen molar-refractivity contribution in [1.29, 1.82) is 0 Å². The largest absolute Gasteiger partial charge is 0.235 e. The van der Waals surface area contributed by atoms with Gasteiger partial charge in [-0.3, -0.25) is 0 Å². The lowest BCUT2D eigenvalue weighted by Gasteiger charge is -2.03. The van der Waals surface area contributed by atoms with Crippen LogP contribution in [0.1, 0.15) is 5.56 Å². The Morgan fingerprint density at radius 3 is 2.69 bits per heavy atom. The van der Waals surface area contributed by atoms with E-state index in [1.807, 2.05) is 35.6 Å². The fraction of sp³-hybridized carbons (Fsp3) is 0.0909. The third-order valence-electron chi connectivity index (χ3n) is 2.00. The first-order valence-corrected chi connectivity index (χ1v) is 5.97. The Morgan fingerprint density at radius 1 is 1.31 bits per heavy atom. The summed E-state index contributed by atoms with van der Waals surface area (Å²) in [4.78, 5) is 8.23. The number of aromatic nitrogens is 2. The highest BCUT2D eigenvalue weighted by atomic mass is 127. The average Bonchev–Trinajstić information content (AvgIpc) is 2.20. The molecule has 0 saturated carbocycles. The van der Waals surface area contributed by atoms with E-state index in [4.69, 9.17) is 11.6 Å². The normalized spacial score (nSPS) is 10.5. The standard InChI is InChI=1S/C11H7ClFIN2/c1-6-2-7(4-8(13)3-6)11-15-5-9(14)10(12)16-11/h2-5H,1H3. The van der Waals surface area contributed by atoms with Crippen LogP contribution in [-0.4, -0.2) is 9.97 Å². The van der Waals surface area contributed by atoms with Crippen LogP contribution in [0.15, 0.2) is 24.4 Å². The van der Waals surface area contributed by atoms with Crippen LogP contribution in [-0.2, 0) is 0 Å². The first-order chi connectivity index (χ1) is 7.56. The Morgan fingerprint density at radius 2 is 2.06 bits per heavy atom. The van der Waals surface area contributed by atoms with Gasteiger partial charge in [-0.25, -0.2) is 14.4 Å². The highest BCUT2D eigenvalue weighted by molar-refractivity contribution is 14.1. The summed E-state index contributed by atoms with van der Waals surface area (Å²) >= 11 is 7.93. The number of halogens is 3. The number of nitrogens with zero attached hydrogens (tertiary/aromatic N) is 2. The van der Waals surface area contributed by atoms with Gasteiger partial charge in [0.15, 0.2) is 5.82 Å². The van der Waals surface area contributed by atoms with Gasteiger partial charge in [-0.1, -0.05) is 11.6 Å². The van der Waals surface area contributed by atoms with Crippen LogP contribution in [0.5, 0.6) is 0 Å². The fourth-order valence-electron chi connectivity index (χ4n) is 1.35. The molecular weight excluding hydrogens is 341 g/mol. The minimum atomic E-state index is -0.298. The third kappa shape index (κ3) is 2.49. The number of benzene rings is 1. The van der Waals surface area contributed by atoms with Gasteiger partial charge in [0.2, 0.25) is 0 Å². The van der Waals surface area contributed by atoms with Crippen LogP contribution < -0.4 is 0 Å². The average molecular weight is 349 g/mol. The highest BCUT2D eigenvalue weighted by Crippen LogP contribution is 2.22. The maximum absolute atomic E-state index is 13.2. The molecule has 0 aliphatic rings. The van der Waals surface area contributed by atoms with Crippen molar-refractivity contribution in [2.45, 2.75) is 6.92 Å². The summed E-state index contributed by atoms with van der Waals surface area (Å²) in [6, 6.07) is 4.67. The van der Waals surface area contributed by atoms with E-state index in [2.05, 4.69) is 9.97 Å². The van der Waals surface area contributed by atoms with E-state index >= 15 is 0 Å². The minimum Gasteiger partial charge on any atom is -0.235 e. The summed E-state index contributed by atoms with van der Waals surface area (Å²) in [7, 11) is 0. The van der Waals surface area contributed by atoms with Gasteiger partial charge in [0.25, 0.3) is 0 Å². The molecular formula is C11H7ClFIN2. The minimum absolute atomic E-state index is 0.298. The molecule has 0 N–H and O–H groups in total. The quantitative estimate of drug-likeness (QED) is 0.578. The van der Waals surface area contributed by atoms with Gasteiger partial charge in [-0.2, -0.15) is 0 Å². The molecule has 16 heavy (non-hydrogen) atoms. The van der Waals surface area contributed by atoms with E-state index in [-0.39, 0.29) is 5.82 Å². The molecule has 2 nitrogen and oxygen atoms in total. The predicted molar refractivity (Wildman–Crippen MR) is 69.9 cm³/mol. The Hall–Kier alpha value is -0.750. The van der Waals surface area contributed by atoms with E-state index in [9.17, 15) is 4.39 Å². The highest BCUT2D eigenvalue weighted by Gasteiger charge is 2.06. The SMILES string of the molecule is Cc1cc(F)cc(-c2ncc(I)c(Cl)n2)c1. The topological polar surface area (TPSA) is 25.8 Å². The molecule has 0 atom stereocenters. The van der Waals surface area contributed by atoms with Gasteiger partial charge in [-0.15, -0.1) is 0 Å². The molecule has 0 spiro atoms. The molecule has 0 bridgehead atoms. The Balaban J connectivity index is 2.54. The zero-order chi connectivity index (χ0) is 11.7. The van der Waals surface area contributed by atoms with Crippen molar-refractivity contribution in [3.63, 3.8) is 0 Å². The maximum Gasteiger partial charge on any atom is 0.161 e. The first-order valence-electron chi connectivity index (χ1n) is 4.52.